The van der Waals surface area contributed by atoms with E-state index in [9.17, 15) is 18.0 Å². The molecule has 0 heterocycles. The molecule has 0 aliphatic carbocycles. The predicted octanol–water partition coefficient (Wildman–Crippen LogP) is 6.04. The topological polar surface area (TPSA) is 20.3 Å². The number of halogens is 4. The minimum Gasteiger partial charge on any atom is -0.303 e. The van der Waals surface area contributed by atoms with Gasteiger partial charge >= 0.3 is 6.18 Å². The summed E-state index contributed by atoms with van der Waals surface area (Å²) in [7, 11) is 0. The zero-order chi connectivity index (χ0) is 19.5. The Balaban J connectivity index is 2.43. The van der Waals surface area contributed by atoms with Gasteiger partial charge in [0.1, 0.15) is 0 Å². The van der Waals surface area contributed by atoms with E-state index in [4.69, 9.17) is 0 Å². The van der Waals surface area contributed by atoms with Crippen LogP contribution < -0.4 is 4.90 Å². The summed E-state index contributed by atoms with van der Waals surface area (Å²) in [5, 5.41) is 0. The van der Waals surface area contributed by atoms with Gasteiger partial charge in [-0.3, -0.25) is 4.79 Å². The summed E-state index contributed by atoms with van der Waals surface area (Å²) < 4.78 is 39.2. The maximum Gasteiger partial charge on any atom is 0.416 e. The first-order valence-electron chi connectivity index (χ1n) is 8.00. The normalized spacial score (nSPS) is 11.8. The van der Waals surface area contributed by atoms with E-state index in [0.29, 0.717) is 5.56 Å². The highest BCUT2D eigenvalue weighted by atomic mass is 127. The predicted molar refractivity (Wildman–Crippen MR) is 106 cm³/mol. The van der Waals surface area contributed by atoms with Gasteiger partial charge in [-0.25, -0.2) is 0 Å². The van der Waals surface area contributed by atoms with Crippen LogP contribution in [0.5, 0.6) is 0 Å². The average Bonchev–Trinajstić information content (AvgIpc) is 2.53. The molecule has 1 amide bonds. The first kappa shape index (κ1) is 20.5. The van der Waals surface area contributed by atoms with Crippen LogP contribution in [0.3, 0.4) is 0 Å². The smallest absolute Gasteiger partial charge is 0.303 e. The van der Waals surface area contributed by atoms with Crippen LogP contribution in [0.2, 0.25) is 0 Å². The van der Waals surface area contributed by atoms with E-state index >= 15 is 0 Å². The van der Waals surface area contributed by atoms with Crippen LogP contribution >= 0.6 is 22.6 Å². The summed E-state index contributed by atoms with van der Waals surface area (Å²) in [4.78, 5) is 14.2. The lowest BCUT2D eigenvalue weighted by Crippen LogP contribution is -2.30. The summed E-state index contributed by atoms with van der Waals surface area (Å²) in [5.74, 6) is -0.211. The van der Waals surface area contributed by atoms with Gasteiger partial charge < -0.3 is 4.90 Å². The molecule has 0 aliphatic rings. The van der Waals surface area contributed by atoms with Gasteiger partial charge in [-0.15, -0.1) is 0 Å². The number of amides is 1. The second-order valence-corrected chi connectivity index (χ2v) is 7.19. The lowest BCUT2D eigenvalue weighted by atomic mass is 10.1. The number of hydrogen-bond donors (Lipinski definition) is 0. The van der Waals surface area contributed by atoms with E-state index in [1.54, 1.807) is 17.9 Å². The van der Waals surface area contributed by atoms with Gasteiger partial charge in [-0.1, -0.05) is 24.3 Å². The fourth-order valence-electron chi connectivity index (χ4n) is 2.73. The third-order valence-electron chi connectivity index (χ3n) is 3.87. The summed E-state index contributed by atoms with van der Waals surface area (Å²) >= 11 is 2.18. The molecule has 0 unspecified atom stereocenters. The number of anilines is 1. The van der Waals surface area contributed by atoms with E-state index in [2.05, 4.69) is 22.6 Å². The SMILES string of the molecule is C/C=C/C(=O)N(Cc1ccc(C(F)(F)F)cc1)c1c(C)cc(C)cc1I. The summed E-state index contributed by atoms with van der Waals surface area (Å²) in [5.41, 5.74) is 2.74. The second-order valence-electron chi connectivity index (χ2n) is 6.03. The molecule has 6 heteroatoms. The Morgan fingerprint density at radius 1 is 1.15 bits per heavy atom. The molecule has 26 heavy (non-hydrogen) atoms. The van der Waals surface area contributed by atoms with Gasteiger partial charge in [0.25, 0.3) is 5.91 Å². The Hall–Kier alpha value is -1.83. The second kappa shape index (κ2) is 8.24. The first-order valence-corrected chi connectivity index (χ1v) is 9.08. The van der Waals surface area contributed by atoms with Crippen molar-refractivity contribution in [2.24, 2.45) is 0 Å². The van der Waals surface area contributed by atoms with Crippen LogP contribution in [0.4, 0.5) is 18.9 Å². The van der Waals surface area contributed by atoms with E-state index in [1.807, 2.05) is 26.0 Å². The van der Waals surface area contributed by atoms with E-state index in [1.165, 1.54) is 18.2 Å². The van der Waals surface area contributed by atoms with Gasteiger partial charge in [0, 0.05) is 3.57 Å². The van der Waals surface area contributed by atoms with Crippen molar-refractivity contribution in [3.05, 3.63) is 74.4 Å². The number of carbonyl (C=O) groups excluding carboxylic acids is 1. The van der Waals surface area contributed by atoms with E-state index in [0.717, 1.165) is 32.5 Å². The van der Waals surface area contributed by atoms with Crippen molar-refractivity contribution >= 4 is 34.2 Å². The maximum atomic E-state index is 12.7. The van der Waals surface area contributed by atoms with Crippen LogP contribution in [0, 0.1) is 17.4 Å². The Morgan fingerprint density at radius 2 is 1.77 bits per heavy atom. The van der Waals surface area contributed by atoms with Crippen molar-refractivity contribution in [1.82, 2.24) is 0 Å². The zero-order valence-corrected chi connectivity index (χ0v) is 16.9. The molecule has 0 fully saturated rings. The number of benzene rings is 2. The molecule has 0 radical (unpaired) electrons. The summed E-state index contributed by atoms with van der Waals surface area (Å²) in [6.45, 7) is 5.85. The van der Waals surface area contributed by atoms with Crippen LogP contribution in [0.25, 0.3) is 0 Å². The third-order valence-corrected chi connectivity index (χ3v) is 4.69. The molecule has 2 aromatic rings. The van der Waals surface area contributed by atoms with Crippen molar-refractivity contribution < 1.29 is 18.0 Å². The van der Waals surface area contributed by atoms with Crippen molar-refractivity contribution in [2.45, 2.75) is 33.5 Å². The Kier molecular flexibility index (Phi) is 6.49. The molecule has 0 saturated heterocycles. The number of nitrogens with zero attached hydrogens (tertiary/aromatic N) is 1. The average molecular weight is 473 g/mol. The number of carbonyl (C=O) groups is 1. The van der Waals surface area contributed by atoms with Gasteiger partial charge in [0.15, 0.2) is 0 Å². The Morgan fingerprint density at radius 3 is 2.27 bits per heavy atom. The molecule has 0 saturated carbocycles. The molecule has 138 valence electrons. The quantitative estimate of drug-likeness (QED) is 0.392. The van der Waals surface area contributed by atoms with E-state index in [-0.39, 0.29) is 12.5 Å². The zero-order valence-electron chi connectivity index (χ0n) is 14.7. The van der Waals surface area contributed by atoms with Gasteiger partial charge in [-0.2, -0.15) is 13.2 Å². The molecule has 0 spiro atoms. The molecule has 2 nitrogen and oxygen atoms in total. The fourth-order valence-corrected chi connectivity index (χ4v) is 3.94. The maximum absolute atomic E-state index is 12.7. The molecule has 0 N–H and O–H groups in total. The van der Waals surface area contributed by atoms with Crippen LogP contribution in [0.15, 0.2) is 48.6 Å². The molecular formula is C20H19F3INO. The van der Waals surface area contributed by atoms with Crippen molar-refractivity contribution in [2.75, 3.05) is 4.90 Å². The lowest BCUT2D eigenvalue weighted by Gasteiger charge is -2.25. The van der Waals surface area contributed by atoms with Crippen molar-refractivity contribution in [3.63, 3.8) is 0 Å². The van der Waals surface area contributed by atoms with Crippen molar-refractivity contribution in [3.8, 4) is 0 Å². The number of allylic oxidation sites excluding steroid dienone is 1. The monoisotopic (exact) mass is 473 g/mol. The number of hydrogen-bond acceptors (Lipinski definition) is 1. The Bertz CT molecular complexity index is 803. The van der Waals surface area contributed by atoms with Gasteiger partial charge in [0.05, 0.1) is 17.8 Å². The number of rotatable bonds is 4. The Labute approximate surface area is 164 Å². The number of alkyl halides is 3. The molecule has 0 atom stereocenters. The fraction of sp³-hybridized carbons (Fsp3) is 0.250. The minimum absolute atomic E-state index is 0.196. The third kappa shape index (κ3) is 4.87. The van der Waals surface area contributed by atoms with E-state index < -0.39 is 11.7 Å². The highest BCUT2D eigenvalue weighted by Crippen LogP contribution is 2.32. The van der Waals surface area contributed by atoms with Crippen molar-refractivity contribution in [1.29, 1.82) is 0 Å². The van der Waals surface area contributed by atoms with Crippen LogP contribution in [-0.2, 0) is 17.5 Å². The molecule has 2 rings (SSSR count). The molecule has 0 aliphatic heterocycles. The summed E-state index contributed by atoms with van der Waals surface area (Å²) in [6.07, 6.45) is -1.26. The molecular weight excluding hydrogens is 454 g/mol. The standard InChI is InChI=1S/C20H19F3INO/c1-4-5-18(26)25(19-14(3)10-13(2)11-17(19)24)12-15-6-8-16(9-7-15)20(21,22)23/h4-11H,12H2,1-3H3/b5-4+. The highest BCUT2D eigenvalue weighted by Gasteiger charge is 2.30. The van der Waals surface area contributed by atoms with Gasteiger partial charge in [-0.05, 0) is 84.3 Å². The minimum atomic E-state index is -4.37. The largest absolute Gasteiger partial charge is 0.416 e. The van der Waals surface area contributed by atoms with Crippen LogP contribution in [0.1, 0.15) is 29.2 Å². The molecule has 2 aromatic carbocycles. The van der Waals surface area contributed by atoms with Crippen LogP contribution in [-0.4, -0.2) is 5.91 Å². The first-order chi connectivity index (χ1) is 12.1. The highest BCUT2D eigenvalue weighted by molar-refractivity contribution is 14.1. The summed E-state index contributed by atoms with van der Waals surface area (Å²) in [6, 6.07) is 8.87. The number of aryl methyl sites for hydroxylation is 2. The molecule has 0 bridgehead atoms. The lowest BCUT2D eigenvalue weighted by molar-refractivity contribution is -0.137. The molecule has 0 aromatic heterocycles. The van der Waals surface area contributed by atoms with Gasteiger partial charge in [0.2, 0.25) is 0 Å².